The molecule has 0 heterocycles. The molecule has 0 unspecified atom stereocenters. The first-order chi connectivity index (χ1) is 8.56. The Bertz CT molecular complexity index is 521. The van der Waals surface area contributed by atoms with Crippen molar-refractivity contribution in [2.24, 2.45) is 0 Å². The second-order valence-corrected chi connectivity index (χ2v) is 4.78. The minimum Gasteiger partial charge on any atom is -0.508 e. The molecule has 2 rings (SSSR count). The van der Waals surface area contributed by atoms with Crippen molar-refractivity contribution in [1.29, 1.82) is 0 Å². The van der Waals surface area contributed by atoms with Crippen LogP contribution in [-0.2, 0) is 6.54 Å². The van der Waals surface area contributed by atoms with Crippen LogP contribution in [0.15, 0.2) is 36.4 Å². The van der Waals surface area contributed by atoms with Crippen molar-refractivity contribution in [2.45, 2.75) is 27.3 Å². The Balaban J connectivity index is 2.13. The van der Waals surface area contributed by atoms with E-state index in [0.29, 0.717) is 5.75 Å². The van der Waals surface area contributed by atoms with E-state index < -0.39 is 0 Å². The second kappa shape index (κ2) is 5.13. The highest BCUT2D eigenvalue weighted by molar-refractivity contribution is 5.48. The molecule has 0 aliphatic carbocycles. The average Bonchev–Trinajstić information content (AvgIpc) is 2.30. The van der Waals surface area contributed by atoms with Gasteiger partial charge in [0.15, 0.2) is 0 Å². The Hall–Kier alpha value is -1.96. The summed E-state index contributed by atoms with van der Waals surface area (Å²) in [6, 6.07) is 11.6. The normalized spacial score (nSPS) is 10.4. The molecule has 94 valence electrons. The highest BCUT2D eigenvalue weighted by Gasteiger charge is 2.03. The Morgan fingerprint density at radius 1 is 0.944 bits per heavy atom. The predicted octanol–water partition coefficient (Wildman–Crippen LogP) is 3.93. The van der Waals surface area contributed by atoms with Crippen LogP contribution >= 0.6 is 0 Å². The zero-order valence-electron chi connectivity index (χ0n) is 11.1. The summed E-state index contributed by atoms with van der Waals surface area (Å²) in [5.41, 5.74) is 6.30. The third-order valence-electron chi connectivity index (χ3n) is 3.18. The molecule has 2 nitrogen and oxygen atoms in total. The third kappa shape index (κ3) is 2.83. The molecule has 2 N–H and O–H groups in total. The highest BCUT2D eigenvalue weighted by atomic mass is 16.3. The van der Waals surface area contributed by atoms with Crippen LogP contribution in [0.1, 0.15) is 22.3 Å². The van der Waals surface area contributed by atoms with Crippen molar-refractivity contribution >= 4 is 5.69 Å². The molecule has 0 fully saturated rings. The fourth-order valence-electron chi connectivity index (χ4n) is 2.26. The maximum atomic E-state index is 9.23. The van der Waals surface area contributed by atoms with Gasteiger partial charge in [0, 0.05) is 12.2 Å². The van der Waals surface area contributed by atoms with Crippen LogP contribution in [0.5, 0.6) is 5.75 Å². The smallest absolute Gasteiger partial charge is 0.115 e. The summed E-state index contributed by atoms with van der Waals surface area (Å²) in [6.45, 7) is 7.22. The van der Waals surface area contributed by atoms with Crippen LogP contribution in [0.2, 0.25) is 0 Å². The Morgan fingerprint density at radius 3 is 2.06 bits per heavy atom. The first kappa shape index (κ1) is 12.5. The van der Waals surface area contributed by atoms with Crippen molar-refractivity contribution in [3.05, 3.63) is 58.7 Å². The number of phenols is 1. The summed E-state index contributed by atoms with van der Waals surface area (Å²) in [5.74, 6) is 0.295. The first-order valence-corrected chi connectivity index (χ1v) is 6.16. The second-order valence-electron chi connectivity index (χ2n) is 4.78. The Morgan fingerprint density at radius 2 is 1.50 bits per heavy atom. The standard InChI is InChI=1S/C16H19NO/c1-11-8-12(2)16(13(3)9-11)10-17-14-4-6-15(18)7-5-14/h4-9,17-18H,10H2,1-3H3. The summed E-state index contributed by atoms with van der Waals surface area (Å²) in [6.07, 6.45) is 0. The molecule has 0 saturated heterocycles. The zero-order chi connectivity index (χ0) is 13.1. The number of phenolic OH excluding ortho intramolecular Hbond substituents is 1. The Labute approximate surface area is 108 Å². The van der Waals surface area contributed by atoms with Gasteiger partial charge in [0.25, 0.3) is 0 Å². The van der Waals surface area contributed by atoms with E-state index in [0.717, 1.165) is 12.2 Å². The summed E-state index contributed by atoms with van der Waals surface area (Å²) in [5, 5.41) is 12.6. The maximum absolute atomic E-state index is 9.23. The van der Waals surface area contributed by atoms with Crippen molar-refractivity contribution in [2.75, 3.05) is 5.32 Å². The first-order valence-electron chi connectivity index (χ1n) is 6.16. The SMILES string of the molecule is Cc1cc(C)c(CNc2ccc(O)cc2)c(C)c1. The molecular formula is C16H19NO. The van der Waals surface area contributed by atoms with E-state index in [4.69, 9.17) is 0 Å². The van der Waals surface area contributed by atoms with Crippen molar-refractivity contribution in [3.8, 4) is 5.75 Å². The van der Waals surface area contributed by atoms with Crippen LogP contribution < -0.4 is 5.32 Å². The van der Waals surface area contributed by atoms with Gasteiger partial charge in [0.1, 0.15) is 5.75 Å². The summed E-state index contributed by atoms with van der Waals surface area (Å²) >= 11 is 0. The number of hydrogen-bond acceptors (Lipinski definition) is 2. The van der Waals surface area contributed by atoms with Gasteiger partial charge in [-0.05, 0) is 61.7 Å². The van der Waals surface area contributed by atoms with Crippen molar-refractivity contribution < 1.29 is 5.11 Å². The lowest BCUT2D eigenvalue weighted by Crippen LogP contribution is -2.03. The van der Waals surface area contributed by atoms with Gasteiger partial charge in [-0.3, -0.25) is 0 Å². The van der Waals surface area contributed by atoms with Gasteiger partial charge in [-0.1, -0.05) is 17.7 Å². The molecule has 0 aliphatic heterocycles. The number of rotatable bonds is 3. The van der Waals surface area contributed by atoms with Gasteiger partial charge in [0.05, 0.1) is 0 Å². The van der Waals surface area contributed by atoms with Crippen molar-refractivity contribution in [3.63, 3.8) is 0 Å². The third-order valence-corrected chi connectivity index (χ3v) is 3.18. The largest absolute Gasteiger partial charge is 0.508 e. The maximum Gasteiger partial charge on any atom is 0.115 e. The molecule has 2 heteroatoms. The van der Waals surface area contributed by atoms with Crippen molar-refractivity contribution in [1.82, 2.24) is 0 Å². The van der Waals surface area contributed by atoms with Gasteiger partial charge in [-0.15, -0.1) is 0 Å². The lowest BCUT2D eigenvalue weighted by atomic mass is 10.00. The Kier molecular flexibility index (Phi) is 3.56. The van der Waals surface area contributed by atoms with Gasteiger partial charge in [-0.25, -0.2) is 0 Å². The van der Waals surface area contributed by atoms with E-state index >= 15 is 0 Å². The van der Waals surface area contributed by atoms with E-state index in [2.05, 4.69) is 38.2 Å². The van der Waals surface area contributed by atoms with E-state index in [1.54, 1.807) is 12.1 Å². The average molecular weight is 241 g/mol. The van der Waals surface area contributed by atoms with Gasteiger partial charge in [-0.2, -0.15) is 0 Å². The molecule has 0 amide bonds. The van der Waals surface area contributed by atoms with Gasteiger partial charge < -0.3 is 10.4 Å². The number of benzene rings is 2. The van der Waals surface area contributed by atoms with Gasteiger partial charge >= 0.3 is 0 Å². The topological polar surface area (TPSA) is 32.3 Å². The lowest BCUT2D eigenvalue weighted by molar-refractivity contribution is 0.475. The molecule has 0 spiro atoms. The molecule has 0 aliphatic rings. The molecule has 18 heavy (non-hydrogen) atoms. The number of anilines is 1. The molecule has 2 aromatic rings. The van der Waals surface area contributed by atoms with E-state index in [-0.39, 0.29) is 0 Å². The van der Waals surface area contributed by atoms with E-state index in [9.17, 15) is 5.11 Å². The van der Waals surface area contributed by atoms with Crippen LogP contribution in [0.3, 0.4) is 0 Å². The fraction of sp³-hybridized carbons (Fsp3) is 0.250. The summed E-state index contributed by atoms with van der Waals surface area (Å²) in [4.78, 5) is 0. The molecule has 0 bridgehead atoms. The summed E-state index contributed by atoms with van der Waals surface area (Å²) in [7, 11) is 0. The lowest BCUT2D eigenvalue weighted by Gasteiger charge is -2.13. The van der Waals surface area contributed by atoms with Crippen LogP contribution in [0, 0.1) is 20.8 Å². The molecule has 2 aromatic carbocycles. The van der Waals surface area contributed by atoms with Crippen LogP contribution in [-0.4, -0.2) is 5.11 Å². The van der Waals surface area contributed by atoms with Crippen LogP contribution in [0.4, 0.5) is 5.69 Å². The quantitative estimate of drug-likeness (QED) is 0.798. The number of nitrogens with one attached hydrogen (secondary N) is 1. The fourth-order valence-corrected chi connectivity index (χ4v) is 2.26. The number of aryl methyl sites for hydroxylation is 3. The zero-order valence-corrected chi connectivity index (χ0v) is 11.1. The summed E-state index contributed by atoms with van der Waals surface area (Å²) < 4.78 is 0. The molecule has 0 aromatic heterocycles. The van der Waals surface area contributed by atoms with Gasteiger partial charge in [0.2, 0.25) is 0 Å². The number of aromatic hydroxyl groups is 1. The monoisotopic (exact) mass is 241 g/mol. The van der Waals surface area contributed by atoms with Crippen LogP contribution in [0.25, 0.3) is 0 Å². The van der Waals surface area contributed by atoms with E-state index in [1.165, 1.54) is 22.3 Å². The minimum atomic E-state index is 0.295. The predicted molar refractivity (Wildman–Crippen MR) is 76.1 cm³/mol. The molecule has 0 saturated carbocycles. The molecular weight excluding hydrogens is 222 g/mol. The molecule has 0 radical (unpaired) electrons. The minimum absolute atomic E-state index is 0.295. The highest BCUT2D eigenvalue weighted by Crippen LogP contribution is 2.19. The van der Waals surface area contributed by atoms with E-state index in [1.807, 2.05) is 12.1 Å². The number of hydrogen-bond donors (Lipinski definition) is 2. The molecule has 0 atom stereocenters.